The molecule has 0 radical (unpaired) electrons. The first-order valence-electron chi connectivity index (χ1n) is 8.17. The first-order chi connectivity index (χ1) is 10.6. The van der Waals surface area contributed by atoms with Crippen LogP contribution in [0.25, 0.3) is 0 Å². The maximum atomic E-state index is 12.1. The van der Waals surface area contributed by atoms with Gasteiger partial charge in [0.1, 0.15) is 6.04 Å². The summed E-state index contributed by atoms with van der Waals surface area (Å²) in [6.07, 6.45) is 5.96. The molecule has 0 saturated heterocycles. The van der Waals surface area contributed by atoms with Gasteiger partial charge < -0.3 is 15.8 Å². The SMILES string of the molecule is COCC(N)C(=O)NCC1(c2cccc(C)c2)CCCCC1. The van der Waals surface area contributed by atoms with Gasteiger partial charge in [0.2, 0.25) is 5.91 Å². The Morgan fingerprint density at radius 3 is 2.73 bits per heavy atom. The van der Waals surface area contributed by atoms with Crippen molar-refractivity contribution in [2.45, 2.75) is 50.5 Å². The van der Waals surface area contributed by atoms with E-state index in [1.54, 1.807) is 7.11 Å². The lowest BCUT2D eigenvalue weighted by Gasteiger charge is -2.38. The van der Waals surface area contributed by atoms with E-state index in [4.69, 9.17) is 10.5 Å². The molecule has 0 bridgehead atoms. The van der Waals surface area contributed by atoms with E-state index in [1.807, 2.05) is 0 Å². The van der Waals surface area contributed by atoms with Gasteiger partial charge in [0.25, 0.3) is 0 Å². The molecule has 0 aromatic heterocycles. The van der Waals surface area contributed by atoms with Crippen molar-refractivity contribution in [1.82, 2.24) is 5.32 Å². The molecule has 1 amide bonds. The third-order valence-electron chi connectivity index (χ3n) is 4.73. The van der Waals surface area contributed by atoms with Crippen LogP contribution in [0.5, 0.6) is 0 Å². The molecule has 1 aromatic rings. The fraction of sp³-hybridized carbons (Fsp3) is 0.611. The standard InChI is InChI=1S/C18H28N2O2/c1-14-7-6-8-15(11-14)18(9-4-3-5-10-18)13-20-17(21)16(19)12-22-2/h6-8,11,16H,3-5,9-10,12-13,19H2,1-2H3,(H,20,21). The van der Waals surface area contributed by atoms with E-state index < -0.39 is 6.04 Å². The molecule has 0 aliphatic heterocycles. The van der Waals surface area contributed by atoms with Gasteiger partial charge in [-0.1, -0.05) is 49.1 Å². The summed E-state index contributed by atoms with van der Waals surface area (Å²) in [6, 6.07) is 8.08. The predicted molar refractivity (Wildman–Crippen MR) is 88.8 cm³/mol. The van der Waals surface area contributed by atoms with E-state index in [-0.39, 0.29) is 17.9 Å². The third-order valence-corrected chi connectivity index (χ3v) is 4.73. The van der Waals surface area contributed by atoms with Crippen molar-refractivity contribution in [2.75, 3.05) is 20.3 Å². The quantitative estimate of drug-likeness (QED) is 0.847. The molecule has 1 unspecified atom stereocenters. The molecule has 1 aromatic carbocycles. The average molecular weight is 304 g/mol. The summed E-state index contributed by atoms with van der Waals surface area (Å²) in [6.45, 7) is 3.03. The largest absolute Gasteiger partial charge is 0.383 e. The van der Waals surface area contributed by atoms with Crippen LogP contribution in [0.4, 0.5) is 0 Å². The summed E-state index contributed by atoms with van der Waals surface area (Å²) in [5, 5.41) is 3.05. The van der Waals surface area contributed by atoms with Crippen LogP contribution in [0.15, 0.2) is 24.3 Å². The zero-order chi connectivity index (χ0) is 16.0. The van der Waals surface area contributed by atoms with Gasteiger partial charge in [0.05, 0.1) is 6.61 Å². The monoisotopic (exact) mass is 304 g/mol. The Kier molecular flexibility index (Phi) is 5.98. The average Bonchev–Trinajstić information content (AvgIpc) is 2.53. The number of hydrogen-bond donors (Lipinski definition) is 2. The second-order valence-electron chi connectivity index (χ2n) is 6.49. The molecular weight excluding hydrogens is 276 g/mol. The van der Waals surface area contributed by atoms with Crippen LogP contribution in [-0.2, 0) is 14.9 Å². The maximum absolute atomic E-state index is 12.1. The summed E-state index contributed by atoms with van der Waals surface area (Å²) < 4.78 is 4.96. The zero-order valence-corrected chi connectivity index (χ0v) is 13.7. The van der Waals surface area contributed by atoms with Crippen molar-refractivity contribution in [3.8, 4) is 0 Å². The fourth-order valence-corrected chi connectivity index (χ4v) is 3.41. The van der Waals surface area contributed by atoms with Crippen LogP contribution >= 0.6 is 0 Å². The van der Waals surface area contributed by atoms with Crippen molar-refractivity contribution < 1.29 is 9.53 Å². The number of benzene rings is 1. The molecule has 22 heavy (non-hydrogen) atoms. The van der Waals surface area contributed by atoms with Gasteiger partial charge in [0, 0.05) is 19.1 Å². The van der Waals surface area contributed by atoms with Gasteiger partial charge in [-0.3, -0.25) is 4.79 Å². The van der Waals surface area contributed by atoms with E-state index in [2.05, 4.69) is 36.5 Å². The molecule has 3 N–H and O–H groups in total. The highest BCUT2D eigenvalue weighted by molar-refractivity contribution is 5.81. The molecule has 1 saturated carbocycles. The number of nitrogens with one attached hydrogen (secondary N) is 1. The first-order valence-corrected chi connectivity index (χ1v) is 8.17. The summed E-state index contributed by atoms with van der Waals surface area (Å²) in [4.78, 5) is 12.1. The molecule has 0 spiro atoms. The van der Waals surface area contributed by atoms with Crippen LogP contribution in [0.2, 0.25) is 0 Å². The van der Waals surface area contributed by atoms with E-state index in [1.165, 1.54) is 30.4 Å². The minimum Gasteiger partial charge on any atom is -0.383 e. The number of rotatable bonds is 6. The van der Waals surface area contributed by atoms with Gasteiger partial charge in [-0.2, -0.15) is 0 Å². The smallest absolute Gasteiger partial charge is 0.239 e. The van der Waals surface area contributed by atoms with Gasteiger partial charge in [-0.05, 0) is 25.3 Å². The Morgan fingerprint density at radius 2 is 2.09 bits per heavy atom. The second kappa shape index (κ2) is 7.75. The number of carbonyl (C=O) groups excluding carboxylic acids is 1. The number of hydrogen-bond acceptors (Lipinski definition) is 3. The molecule has 122 valence electrons. The van der Waals surface area contributed by atoms with E-state index in [0.29, 0.717) is 6.54 Å². The van der Waals surface area contributed by atoms with Gasteiger partial charge in [-0.25, -0.2) is 0 Å². The molecule has 1 aliphatic rings. The second-order valence-corrected chi connectivity index (χ2v) is 6.49. The van der Waals surface area contributed by atoms with Crippen LogP contribution in [0.3, 0.4) is 0 Å². The summed E-state index contributed by atoms with van der Waals surface area (Å²) in [5.41, 5.74) is 8.47. The van der Waals surface area contributed by atoms with E-state index in [0.717, 1.165) is 12.8 Å². The number of ether oxygens (including phenoxy) is 1. The van der Waals surface area contributed by atoms with Gasteiger partial charge in [0.15, 0.2) is 0 Å². The van der Waals surface area contributed by atoms with Crippen molar-refractivity contribution >= 4 is 5.91 Å². The Labute approximate surface area is 133 Å². The maximum Gasteiger partial charge on any atom is 0.239 e. The molecule has 4 heteroatoms. The Bertz CT molecular complexity index is 496. The minimum absolute atomic E-state index is 0.0483. The Balaban J connectivity index is 2.11. The van der Waals surface area contributed by atoms with Crippen molar-refractivity contribution in [3.63, 3.8) is 0 Å². The van der Waals surface area contributed by atoms with E-state index in [9.17, 15) is 4.79 Å². The third kappa shape index (κ3) is 4.08. The minimum atomic E-state index is -0.594. The highest BCUT2D eigenvalue weighted by atomic mass is 16.5. The normalized spacial score (nSPS) is 18.7. The first kappa shape index (κ1) is 17.0. The van der Waals surface area contributed by atoms with Crippen LogP contribution in [0.1, 0.15) is 43.2 Å². The number of methoxy groups -OCH3 is 1. The van der Waals surface area contributed by atoms with Gasteiger partial charge >= 0.3 is 0 Å². The van der Waals surface area contributed by atoms with Crippen LogP contribution in [-0.4, -0.2) is 32.2 Å². The van der Waals surface area contributed by atoms with Crippen LogP contribution < -0.4 is 11.1 Å². The van der Waals surface area contributed by atoms with Crippen molar-refractivity contribution in [2.24, 2.45) is 5.73 Å². The summed E-state index contributed by atoms with van der Waals surface area (Å²) >= 11 is 0. The summed E-state index contributed by atoms with van der Waals surface area (Å²) in [5.74, 6) is -0.126. The lowest BCUT2D eigenvalue weighted by molar-refractivity contribution is -0.123. The molecule has 4 nitrogen and oxygen atoms in total. The predicted octanol–water partition coefficient (Wildman–Crippen LogP) is 2.29. The highest BCUT2D eigenvalue weighted by Gasteiger charge is 2.34. The number of nitrogens with two attached hydrogens (primary N) is 1. The van der Waals surface area contributed by atoms with E-state index >= 15 is 0 Å². The summed E-state index contributed by atoms with van der Waals surface area (Å²) in [7, 11) is 1.56. The molecular formula is C18H28N2O2. The lowest BCUT2D eigenvalue weighted by Crippen LogP contribution is -2.49. The molecule has 2 rings (SSSR count). The molecule has 0 heterocycles. The lowest BCUT2D eigenvalue weighted by atomic mass is 9.69. The van der Waals surface area contributed by atoms with Crippen molar-refractivity contribution in [3.05, 3.63) is 35.4 Å². The number of aryl methyl sites for hydroxylation is 1. The van der Waals surface area contributed by atoms with Crippen molar-refractivity contribution in [1.29, 1.82) is 0 Å². The molecule has 1 aliphatic carbocycles. The topological polar surface area (TPSA) is 64.3 Å². The Hall–Kier alpha value is -1.39. The van der Waals surface area contributed by atoms with Gasteiger partial charge in [-0.15, -0.1) is 0 Å². The number of carbonyl (C=O) groups is 1. The highest BCUT2D eigenvalue weighted by Crippen LogP contribution is 2.39. The Morgan fingerprint density at radius 1 is 1.36 bits per heavy atom. The fourth-order valence-electron chi connectivity index (χ4n) is 3.41. The molecule has 1 fully saturated rings. The number of amides is 1. The van der Waals surface area contributed by atoms with Crippen LogP contribution in [0, 0.1) is 6.92 Å². The molecule has 1 atom stereocenters. The zero-order valence-electron chi connectivity index (χ0n) is 13.7.